The molecule has 1 aliphatic heterocycles. The molecule has 1 heterocycles. The zero-order chi connectivity index (χ0) is 12.1. The van der Waals surface area contributed by atoms with E-state index in [1.807, 2.05) is 18.7 Å². The molecule has 0 spiro atoms. The van der Waals surface area contributed by atoms with Gasteiger partial charge in [0.2, 0.25) is 5.91 Å². The summed E-state index contributed by atoms with van der Waals surface area (Å²) in [6.07, 6.45) is 2.25. The van der Waals surface area contributed by atoms with Gasteiger partial charge in [0.1, 0.15) is 10.7 Å². The lowest BCUT2D eigenvalue weighted by Gasteiger charge is -2.31. The molecule has 4 nitrogen and oxygen atoms in total. The van der Waals surface area contributed by atoms with Crippen LogP contribution in [-0.2, 0) is 15.5 Å². The molecule has 0 aliphatic carbocycles. The Morgan fingerprint density at radius 2 is 1.88 bits per heavy atom. The number of carbonyl (C=O) groups is 1. The van der Waals surface area contributed by atoms with Gasteiger partial charge in [-0.3, -0.25) is 4.79 Å². The van der Waals surface area contributed by atoms with E-state index >= 15 is 0 Å². The molecule has 0 bridgehead atoms. The highest BCUT2D eigenvalue weighted by atomic mass is 32.2. The Bertz CT molecular complexity index is 296. The summed E-state index contributed by atoms with van der Waals surface area (Å²) in [6, 6.07) is 0. The fourth-order valence-electron chi connectivity index (χ4n) is 2.05. The van der Waals surface area contributed by atoms with Crippen LogP contribution in [0.5, 0.6) is 0 Å². The minimum atomic E-state index is -2.27. The van der Waals surface area contributed by atoms with Gasteiger partial charge in [0.05, 0.1) is 5.75 Å². The number of hydrogen-bond donors (Lipinski definition) is 1. The van der Waals surface area contributed by atoms with Gasteiger partial charge in [-0.1, -0.05) is 13.8 Å². The van der Waals surface area contributed by atoms with Gasteiger partial charge in [0.15, 0.2) is 0 Å². The first kappa shape index (κ1) is 13.5. The van der Waals surface area contributed by atoms with Crippen LogP contribution in [0.15, 0.2) is 0 Å². The fourth-order valence-corrected chi connectivity index (χ4v) is 2.84. The SMILES string of the molecule is CC(C)CC(=O)N1CCC(C[SH](=O)=O)CC1. The number of piperidine rings is 1. The second-order valence-electron chi connectivity index (χ2n) is 4.94. The third kappa shape index (κ3) is 4.51. The van der Waals surface area contributed by atoms with Crippen LogP contribution in [0.4, 0.5) is 0 Å². The van der Waals surface area contributed by atoms with Gasteiger partial charge in [-0.2, -0.15) is 0 Å². The maximum atomic E-state index is 11.7. The molecule has 1 saturated heterocycles. The average Bonchev–Trinajstić information content (AvgIpc) is 2.16. The Morgan fingerprint density at radius 3 is 2.31 bits per heavy atom. The summed E-state index contributed by atoms with van der Waals surface area (Å²) in [5.74, 6) is 1.13. The van der Waals surface area contributed by atoms with E-state index in [1.54, 1.807) is 0 Å². The standard InChI is InChI=1S/C11H21NO3S/c1-9(2)7-11(13)12-5-3-10(4-6-12)8-16(14)15/h9-10,16H,3-8H2,1-2H3. The molecule has 94 valence electrons. The number of amides is 1. The topological polar surface area (TPSA) is 54.5 Å². The van der Waals surface area contributed by atoms with E-state index in [0.717, 1.165) is 25.9 Å². The van der Waals surface area contributed by atoms with Crippen molar-refractivity contribution >= 4 is 16.6 Å². The average molecular weight is 247 g/mol. The van der Waals surface area contributed by atoms with Gasteiger partial charge in [0.25, 0.3) is 0 Å². The number of likely N-dealkylation sites (tertiary alicyclic amines) is 1. The van der Waals surface area contributed by atoms with E-state index in [0.29, 0.717) is 12.3 Å². The molecular formula is C11H21NO3S. The van der Waals surface area contributed by atoms with E-state index in [2.05, 4.69) is 0 Å². The van der Waals surface area contributed by atoms with E-state index in [4.69, 9.17) is 0 Å². The number of carbonyl (C=O) groups excluding carboxylic acids is 1. The zero-order valence-corrected chi connectivity index (χ0v) is 10.9. The van der Waals surface area contributed by atoms with Crippen molar-refractivity contribution in [3.8, 4) is 0 Å². The van der Waals surface area contributed by atoms with Gasteiger partial charge in [-0.15, -0.1) is 0 Å². The second-order valence-corrected chi connectivity index (χ2v) is 5.97. The Morgan fingerprint density at radius 1 is 1.31 bits per heavy atom. The molecule has 0 atom stereocenters. The van der Waals surface area contributed by atoms with Crippen molar-refractivity contribution < 1.29 is 13.2 Å². The predicted molar refractivity (Wildman–Crippen MR) is 63.9 cm³/mol. The second kappa shape index (κ2) is 6.23. The maximum Gasteiger partial charge on any atom is 0.222 e. The van der Waals surface area contributed by atoms with E-state index in [1.165, 1.54) is 0 Å². The molecule has 1 rings (SSSR count). The van der Waals surface area contributed by atoms with E-state index in [-0.39, 0.29) is 17.6 Å². The monoisotopic (exact) mass is 247 g/mol. The Hall–Kier alpha value is -0.580. The Balaban J connectivity index is 2.34. The van der Waals surface area contributed by atoms with E-state index in [9.17, 15) is 13.2 Å². The van der Waals surface area contributed by atoms with Crippen LogP contribution in [0.25, 0.3) is 0 Å². The van der Waals surface area contributed by atoms with Crippen molar-refractivity contribution in [3.63, 3.8) is 0 Å². The van der Waals surface area contributed by atoms with Gasteiger partial charge in [-0.05, 0) is 24.7 Å². The third-order valence-corrected chi connectivity index (χ3v) is 3.77. The molecule has 0 aromatic heterocycles. The van der Waals surface area contributed by atoms with Crippen molar-refractivity contribution in [1.82, 2.24) is 4.90 Å². The summed E-state index contributed by atoms with van der Waals surface area (Å²) in [7, 11) is -2.27. The van der Waals surface area contributed by atoms with Crippen molar-refractivity contribution in [2.45, 2.75) is 33.1 Å². The number of nitrogens with zero attached hydrogens (tertiary/aromatic N) is 1. The first-order valence-electron chi connectivity index (χ1n) is 5.88. The van der Waals surface area contributed by atoms with Crippen molar-refractivity contribution in [3.05, 3.63) is 0 Å². The van der Waals surface area contributed by atoms with Crippen molar-refractivity contribution in [2.75, 3.05) is 18.8 Å². The summed E-state index contributed by atoms with van der Waals surface area (Å²) in [5.41, 5.74) is 0. The molecule has 5 heteroatoms. The fraction of sp³-hybridized carbons (Fsp3) is 0.909. The molecular weight excluding hydrogens is 226 g/mol. The summed E-state index contributed by atoms with van der Waals surface area (Å²) in [6.45, 7) is 5.51. The van der Waals surface area contributed by atoms with Crippen LogP contribution in [0.1, 0.15) is 33.1 Å². The van der Waals surface area contributed by atoms with Crippen LogP contribution in [0, 0.1) is 11.8 Å². The summed E-state index contributed by atoms with van der Waals surface area (Å²) in [4.78, 5) is 13.6. The first-order chi connectivity index (χ1) is 7.49. The summed E-state index contributed by atoms with van der Waals surface area (Å²) < 4.78 is 21.2. The number of rotatable bonds is 4. The Kier molecular flexibility index (Phi) is 5.25. The Labute approximate surface area is 99.0 Å². The highest BCUT2D eigenvalue weighted by molar-refractivity contribution is 7.72. The molecule has 1 aliphatic rings. The lowest BCUT2D eigenvalue weighted by molar-refractivity contribution is -0.133. The molecule has 16 heavy (non-hydrogen) atoms. The lowest BCUT2D eigenvalue weighted by Crippen LogP contribution is -2.39. The van der Waals surface area contributed by atoms with Crippen LogP contribution in [0.2, 0.25) is 0 Å². The number of hydrogen-bond acceptors (Lipinski definition) is 3. The zero-order valence-electron chi connectivity index (χ0n) is 10.0. The molecule has 1 amide bonds. The predicted octanol–water partition coefficient (Wildman–Crippen LogP) is 0.882. The third-order valence-electron chi connectivity index (χ3n) is 2.96. The molecule has 0 unspecified atom stereocenters. The van der Waals surface area contributed by atoms with Crippen LogP contribution in [-0.4, -0.2) is 38.1 Å². The quantitative estimate of drug-likeness (QED) is 0.750. The van der Waals surface area contributed by atoms with Crippen LogP contribution < -0.4 is 0 Å². The first-order valence-corrected chi connectivity index (χ1v) is 7.25. The maximum absolute atomic E-state index is 11.7. The molecule has 0 radical (unpaired) electrons. The van der Waals surface area contributed by atoms with Gasteiger partial charge < -0.3 is 4.90 Å². The number of thiol groups is 1. The van der Waals surface area contributed by atoms with Crippen molar-refractivity contribution in [1.29, 1.82) is 0 Å². The van der Waals surface area contributed by atoms with Gasteiger partial charge >= 0.3 is 0 Å². The van der Waals surface area contributed by atoms with Crippen molar-refractivity contribution in [2.24, 2.45) is 11.8 Å². The molecule has 0 saturated carbocycles. The highest BCUT2D eigenvalue weighted by Crippen LogP contribution is 2.18. The normalized spacial score (nSPS) is 18.4. The molecule has 0 N–H and O–H groups in total. The molecule has 1 fully saturated rings. The smallest absolute Gasteiger partial charge is 0.222 e. The minimum absolute atomic E-state index is 0.208. The van der Waals surface area contributed by atoms with Gasteiger partial charge in [-0.25, -0.2) is 8.42 Å². The largest absolute Gasteiger partial charge is 0.343 e. The van der Waals surface area contributed by atoms with Crippen LogP contribution in [0.3, 0.4) is 0 Å². The lowest BCUT2D eigenvalue weighted by atomic mass is 9.98. The van der Waals surface area contributed by atoms with E-state index < -0.39 is 10.7 Å². The molecule has 0 aromatic carbocycles. The highest BCUT2D eigenvalue weighted by Gasteiger charge is 2.23. The van der Waals surface area contributed by atoms with Crippen LogP contribution >= 0.6 is 0 Å². The summed E-state index contributed by atoms with van der Waals surface area (Å²) >= 11 is 0. The van der Waals surface area contributed by atoms with Gasteiger partial charge in [0, 0.05) is 19.5 Å². The minimum Gasteiger partial charge on any atom is -0.343 e. The molecule has 0 aromatic rings. The summed E-state index contributed by atoms with van der Waals surface area (Å²) in [5, 5.41) is 0.